The van der Waals surface area contributed by atoms with Crippen molar-refractivity contribution in [2.24, 2.45) is 0 Å². The molecule has 0 aromatic heterocycles. The fourth-order valence-corrected chi connectivity index (χ4v) is 4.74. The largest absolute Gasteiger partial charge is 0.435 e. The van der Waals surface area contributed by atoms with Crippen molar-refractivity contribution < 1.29 is 26.7 Å². The zero-order valence-corrected chi connectivity index (χ0v) is 15.5. The third-order valence-corrected chi connectivity index (χ3v) is 6.26. The van der Waals surface area contributed by atoms with Crippen LogP contribution in [-0.4, -0.2) is 50.1 Å². The van der Waals surface area contributed by atoms with Crippen molar-refractivity contribution in [2.75, 3.05) is 18.8 Å². The smallest absolute Gasteiger partial charge is 0.387 e. The molecule has 1 N–H and O–H groups in total. The third kappa shape index (κ3) is 5.63. The van der Waals surface area contributed by atoms with Crippen molar-refractivity contribution >= 4 is 15.9 Å². The molecule has 1 amide bonds. The predicted molar refractivity (Wildman–Crippen MR) is 93.6 cm³/mol. The van der Waals surface area contributed by atoms with E-state index in [0.29, 0.717) is 38.8 Å². The van der Waals surface area contributed by atoms with Crippen LogP contribution in [0.1, 0.15) is 31.7 Å². The summed E-state index contributed by atoms with van der Waals surface area (Å²) in [5, 5.41) is 2.77. The zero-order valence-electron chi connectivity index (χ0n) is 14.7. The van der Waals surface area contributed by atoms with Gasteiger partial charge in [-0.15, -0.1) is 0 Å². The molecule has 2 rings (SSSR count). The summed E-state index contributed by atoms with van der Waals surface area (Å²) in [6.07, 6.45) is 2.22. The van der Waals surface area contributed by atoms with Crippen molar-refractivity contribution in [3.05, 3.63) is 29.8 Å². The van der Waals surface area contributed by atoms with Gasteiger partial charge in [-0.1, -0.05) is 19.1 Å². The molecule has 1 unspecified atom stereocenters. The standard InChI is InChI=1S/C17H24F2N2O4S/c1-2-12-26(23,24)21-11-3-4-15(21)16(22)20-10-9-13-5-7-14(8-6-13)25-17(18)19/h5-8,15,17H,2-4,9-12H2,1H3,(H,20,22). The molecule has 1 aliphatic heterocycles. The maximum absolute atomic E-state index is 12.4. The van der Waals surface area contributed by atoms with E-state index in [-0.39, 0.29) is 17.4 Å². The molecule has 1 aromatic rings. The van der Waals surface area contributed by atoms with Crippen molar-refractivity contribution in [3.63, 3.8) is 0 Å². The Kier molecular flexibility index (Phi) is 7.33. The molecular weight excluding hydrogens is 366 g/mol. The van der Waals surface area contributed by atoms with Gasteiger partial charge >= 0.3 is 6.61 Å². The molecule has 1 aliphatic rings. The van der Waals surface area contributed by atoms with Crippen LogP contribution in [0.25, 0.3) is 0 Å². The Bertz CT molecular complexity index is 695. The Morgan fingerprint density at radius 2 is 2.04 bits per heavy atom. The van der Waals surface area contributed by atoms with Crippen LogP contribution in [0.2, 0.25) is 0 Å². The second-order valence-electron chi connectivity index (χ2n) is 6.15. The van der Waals surface area contributed by atoms with Gasteiger partial charge in [0, 0.05) is 13.1 Å². The van der Waals surface area contributed by atoms with Crippen LogP contribution in [0, 0.1) is 0 Å². The number of nitrogens with zero attached hydrogens (tertiary/aromatic N) is 1. The molecular formula is C17H24F2N2O4S. The molecule has 146 valence electrons. The molecule has 0 radical (unpaired) electrons. The number of ether oxygens (including phenoxy) is 1. The van der Waals surface area contributed by atoms with Gasteiger partial charge in [-0.3, -0.25) is 4.79 Å². The van der Waals surface area contributed by atoms with Gasteiger partial charge in [-0.2, -0.15) is 13.1 Å². The summed E-state index contributed by atoms with van der Waals surface area (Å²) < 4.78 is 54.3. The normalized spacial score (nSPS) is 18.2. The number of nitrogens with one attached hydrogen (secondary N) is 1. The molecule has 0 aliphatic carbocycles. The van der Waals surface area contributed by atoms with Crippen LogP contribution in [0.15, 0.2) is 24.3 Å². The summed E-state index contributed by atoms with van der Waals surface area (Å²) >= 11 is 0. The molecule has 1 atom stereocenters. The topological polar surface area (TPSA) is 75.7 Å². The highest BCUT2D eigenvalue weighted by Crippen LogP contribution is 2.22. The summed E-state index contributed by atoms with van der Waals surface area (Å²) in [7, 11) is -3.40. The lowest BCUT2D eigenvalue weighted by atomic mass is 10.1. The van der Waals surface area contributed by atoms with E-state index in [4.69, 9.17) is 0 Å². The molecule has 1 saturated heterocycles. The summed E-state index contributed by atoms with van der Waals surface area (Å²) in [5.41, 5.74) is 0.855. The van der Waals surface area contributed by atoms with Gasteiger partial charge < -0.3 is 10.1 Å². The average Bonchev–Trinajstić information content (AvgIpc) is 3.06. The first kappa shape index (κ1) is 20.6. The van der Waals surface area contributed by atoms with E-state index in [1.165, 1.54) is 16.4 Å². The highest BCUT2D eigenvalue weighted by atomic mass is 32.2. The minimum Gasteiger partial charge on any atom is -0.435 e. The maximum atomic E-state index is 12.4. The van der Waals surface area contributed by atoms with Gasteiger partial charge in [0.1, 0.15) is 11.8 Å². The lowest BCUT2D eigenvalue weighted by molar-refractivity contribution is -0.124. The first-order valence-corrected chi connectivity index (χ1v) is 10.3. The maximum Gasteiger partial charge on any atom is 0.387 e. The Hall–Kier alpha value is -1.74. The molecule has 1 heterocycles. The number of rotatable bonds is 9. The van der Waals surface area contributed by atoms with E-state index in [1.54, 1.807) is 19.1 Å². The van der Waals surface area contributed by atoms with Gasteiger partial charge in [0.15, 0.2) is 0 Å². The second-order valence-corrected chi connectivity index (χ2v) is 8.19. The summed E-state index contributed by atoms with van der Waals surface area (Å²) in [6, 6.07) is 5.54. The zero-order chi connectivity index (χ0) is 19.2. The Morgan fingerprint density at radius 1 is 1.35 bits per heavy atom. The van der Waals surface area contributed by atoms with E-state index >= 15 is 0 Å². The van der Waals surface area contributed by atoms with Crippen LogP contribution in [0.4, 0.5) is 8.78 Å². The van der Waals surface area contributed by atoms with E-state index in [0.717, 1.165) is 5.56 Å². The number of hydrogen-bond donors (Lipinski definition) is 1. The van der Waals surface area contributed by atoms with Gasteiger partial charge in [-0.05, 0) is 43.4 Å². The number of hydrogen-bond acceptors (Lipinski definition) is 4. The van der Waals surface area contributed by atoms with Gasteiger partial charge in [-0.25, -0.2) is 8.42 Å². The highest BCUT2D eigenvalue weighted by Gasteiger charge is 2.37. The Morgan fingerprint density at radius 3 is 2.65 bits per heavy atom. The van der Waals surface area contributed by atoms with Crippen molar-refractivity contribution in [3.8, 4) is 5.75 Å². The first-order chi connectivity index (χ1) is 12.3. The third-order valence-electron chi connectivity index (χ3n) is 4.19. The molecule has 1 fully saturated rings. The number of carbonyl (C=O) groups is 1. The number of amides is 1. The SMILES string of the molecule is CCCS(=O)(=O)N1CCCC1C(=O)NCCc1ccc(OC(F)F)cc1. The van der Waals surface area contributed by atoms with Gasteiger partial charge in [0.05, 0.1) is 5.75 Å². The quantitative estimate of drug-likeness (QED) is 0.701. The monoisotopic (exact) mass is 390 g/mol. The molecule has 6 nitrogen and oxygen atoms in total. The minimum atomic E-state index is -3.40. The lowest BCUT2D eigenvalue weighted by Crippen LogP contribution is -2.46. The molecule has 26 heavy (non-hydrogen) atoms. The fraction of sp³-hybridized carbons (Fsp3) is 0.588. The van der Waals surface area contributed by atoms with Crippen molar-refractivity contribution in [1.29, 1.82) is 0 Å². The van der Waals surface area contributed by atoms with Crippen LogP contribution in [0.3, 0.4) is 0 Å². The second kappa shape index (κ2) is 9.27. The molecule has 0 saturated carbocycles. The van der Waals surface area contributed by atoms with E-state index in [9.17, 15) is 22.0 Å². The summed E-state index contributed by atoms with van der Waals surface area (Å²) in [4.78, 5) is 12.4. The summed E-state index contributed by atoms with van der Waals surface area (Å²) in [5.74, 6) is -0.167. The molecule has 9 heteroatoms. The van der Waals surface area contributed by atoms with E-state index < -0.39 is 22.7 Å². The Balaban J connectivity index is 1.84. The number of benzene rings is 1. The first-order valence-electron chi connectivity index (χ1n) is 8.64. The predicted octanol–water partition coefficient (Wildman–Crippen LogP) is 2.15. The van der Waals surface area contributed by atoms with Crippen LogP contribution >= 0.6 is 0 Å². The molecule has 1 aromatic carbocycles. The van der Waals surface area contributed by atoms with Crippen molar-refractivity contribution in [1.82, 2.24) is 9.62 Å². The number of carbonyl (C=O) groups excluding carboxylic acids is 1. The molecule has 0 spiro atoms. The van der Waals surface area contributed by atoms with Crippen LogP contribution in [-0.2, 0) is 21.2 Å². The van der Waals surface area contributed by atoms with E-state index in [1.807, 2.05) is 0 Å². The average molecular weight is 390 g/mol. The van der Waals surface area contributed by atoms with Gasteiger partial charge in [0.25, 0.3) is 0 Å². The van der Waals surface area contributed by atoms with E-state index in [2.05, 4.69) is 10.1 Å². The van der Waals surface area contributed by atoms with Crippen LogP contribution < -0.4 is 10.1 Å². The van der Waals surface area contributed by atoms with Crippen LogP contribution in [0.5, 0.6) is 5.75 Å². The number of alkyl halides is 2. The Labute approximate surface area is 152 Å². The highest BCUT2D eigenvalue weighted by molar-refractivity contribution is 7.89. The minimum absolute atomic E-state index is 0.0455. The lowest BCUT2D eigenvalue weighted by Gasteiger charge is -2.23. The summed E-state index contributed by atoms with van der Waals surface area (Å²) in [6.45, 7) is -0.350. The number of sulfonamides is 1. The van der Waals surface area contributed by atoms with Gasteiger partial charge in [0.2, 0.25) is 15.9 Å². The molecule has 0 bridgehead atoms. The van der Waals surface area contributed by atoms with Crippen molar-refractivity contribution in [2.45, 2.75) is 45.3 Å². The number of halogens is 2. The fourth-order valence-electron chi connectivity index (χ4n) is 3.00.